The molecule has 0 saturated carbocycles. The van der Waals surface area contributed by atoms with Crippen LogP contribution in [0.3, 0.4) is 0 Å². The van der Waals surface area contributed by atoms with Gasteiger partial charge in [0.25, 0.3) is 0 Å². The SMILES string of the molecule is COc1ccc(CN(Cc2ccc(OC)cc2)c2cc(C)c(I)c([C@@H]3Cc4nc(OC[C@@H]5CCCN5C)nc(N5CCN(C(=O)OC(C)(C)C)C[C@@H]5C)c4C[C@H]3C)c2F)cc1. The van der Waals surface area contributed by atoms with Crippen LogP contribution in [0.1, 0.15) is 86.9 Å². The summed E-state index contributed by atoms with van der Waals surface area (Å²) < 4.78 is 41.8. The minimum absolute atomic E-state index is 0.0257. The van der Waals surface area contributed by atoms with Crippen molar-refractivity contribution in [2.45, 2.75) is 104 Å². The third kappa shape index (κ3) is 10.3. The lowest BCUT2D eigenvalue weighted by atomic mass is 9.74. The Bertz CT molecular complexity index is 2120. The first kappa shape index (κ1) is 44.7. The Morgan fingerprint density at radius 3 is 2.13 bits per heavy atom. The lowest BCUT2D eigenvalue weighted by Crippen LogP contribution is -2.55. The molecule has 0 bridgehead atoms. The van der Waals surface area contributed by atoms with Crippen molar-refractivity contribution in [3.63, 3.8) is 0 Å². The zero-order valence-corrected chi connectivity index (χ0v) is 39.4. The number of carbonyl (C=O) groups excluding carboxylic acids is 1. The lowest BCUT2D eigenvalue weighted by Gasteiger charge is -2.42. The number of piperazine rings is 1. The summed E-state index contributed by atoms with van der Waals surface area (Å²) in [4.78, 5) is 31.9. The Balaban J connectivity index is 1.24. The highest BCUT2D eigenvalue weighted by molar-refractivity contribution is 14.1. The first-order valence-corrected chi connectivity index (χ1v) is 22.7. The summed E-state index contributed by atoms with van der Waals surface area (Å²) in [5.41, 5.74) is 5.84. The normalized spacial score (nSPS) is 20.6. The summed E-state index contributed by atoms with van der Waals surface area (Å²) in [5.74, 6) is 2.16. The fraction of sp³-hybridized carbons (Fsp3) is 0.521. The molecule has 61 heavy (non-hydrogen) atoms. The van der Waals surface area contributed by atoms with Crippen molar-refractivity contribution in [2.24, 2.45) is 5.92 Å². The van der Waals surface area contributed by atoms with Crippen LogP contribution in [0.2, 0.25) is 0 Å². The molecular weight excluding hydrogens is 886 g/mol. The number of likely N-dealkylation sites (N-methyl/N-ethyl adjacent to an activating group) is 1. The molecule has 0 unspecified atom stereocenters. The number of likely N-dealkylation sites (tertiary alicyclic amines) is 1. The summed E-state index contributed by atoms with van der Waals surface area (Å²) in [6.07, 6.45) is 3.13. The van der Waals surface area contributed by atoms with Gasteiger partial charge in [-0.3, -0.25) is 0 Å². The minimum Gasteiger partial charge on any atom is -0.497 e. The second-order valence-corrected chi connectivity index (χ2v) is 19.2. The largest absolute Gasteiger partial charge is 0.497 e. The monoisotopic (exact) mass is 948 g/mol. The number of halogens is 2. The summed E-state index contributed by atoms with van der Waals surface area (Å²) in [7, 11) is 5.46. The number of nitrogens with zero attached hydrogens (tertiary/aromatic N) is 6. The van der Waals surface area contributed by atoms with Gasteiger partial charge in [0.2, 0.25) is 0 Å². The maximum absolute atomic E-state index is 17.8. The van der Waals surface area contributed by atoms with Gasteiger partial charge in [0.05, 0.1) is 25.6 Å². The lowest BCUT2D eigenvalue weighted by molar-refractivity contribution is 0.0218. The average molecular weight is 949 g/mol. The second-order valence-electron chi connectivity index (χ2n) is 18.1. The van der Waals surface area contributed by atoms with Crippen LogP contribution in [0, 0.1) is 22.2 Å². The van der Waals surface area contributed by atoms with Gasteiger partial charge in [-0.05, 0) is 155 Å². The molecule has 2 fully saturated rings. The standard InChI is InChI=1S/C48H62FIN6O5/c1-30-23-39-40(51-46(60-29-35-11-10-20-53(35)7)52-45(39)56-22-21-54(26-32(56)3)47(57)61-48(4,5)6)25-38(30)42-43(49)41(24-31(2)44(42)50)55(27-33-12-16-36(58-8)17-13-33)28-34-14-18-37(59-9)19-15-34/h12-19,24,30,32,35,38H,10-11,20-23,25-29H2,1-9H3/t30-,32+,35+,38-/m1/s1. The number of carbonyl (C=O) groups is 1. The molecule has 4 atom stereocenters. The van der Waals surface area contributed by atoms with Crippen LogP contribution in [0.15, 0.2) is 54.6 Å². The molecule has 7 rings (SSSR count). The second kappa shape index (κ2) is 18.9. The molecule has 0 spiro atoms. The minimum atomic E-state index is -0.573. The third-order valence-electron chi connectivity index (χ3n) is 12.5. The number of methoxy groups -OCH3 is 2. The predicted octanol–water partition coefficient (Wildman–Crippen LogP) is 9.19. The molecule has 1 amide bonds. The van der Waals surface area contributed by atoms with E-state index in [1.54, 1.807) is 19.1 Å². The summed E-state index contributed by atoms with van der Waals surface area (Å²) in [6, 6.07) is 18.6. The van der Waals surface area contributed by atoms with E-state index in [-0.39, 0.29) is 29.8 Å². The molecule has 11 nitrogen and oxygen atoms in total. The number of aromatic nitrogens is 2. The fourth-order valence-corrected chi connectivity index (χ4v) is 9.82. The fourth-order valence-electron chi connectivity index (χ4n) is 9.02. The van der Waals surface area contributed by atoms with Gasteiger partial charge >= 0.3 is 12.1 Å². The number of anilines is 2. The van der Waals surface area contributed by atoms with Crippen molar-refractivity contribution in [1.82, 2.24) is 19.8 Å². The highest BCUT2D eigenvalue weighted by Crippen LogP contribution is 2.45. The molecule has 3 aliphatic rings. The van der Waals surface area contributed by atoms with Crippen molar-refractivity contribution in [1.29, 1.82) is 0 Å². The highest BCUT2D eigenvalue weighted by Gasteiger charge is 2.38. The molecular formula is C48H62FIN6O5. The molecule has 0 radical (unpaired) electrons. The van der Waals surface area contributed by atoms with Crippen molar-refractivity contribution < 1.29 is 28.1 Å². The summed E-state index contributed by atoms with van der Waals surface area (Å²) in [5, 5.41) is 0. The van der Waals surface area contributed by atoms with Crippen LogP contribution in [0.4, 0.5) is 20.7 Å². The van der Waals surface area contributed by atoms with Crippen LogP contribution >= 0.6 is 22.6 Å². The molecule has 13 heteroatoms. The third-order valence-corrected chi connectivity index (χ3v) is 13.9. The first-order chi connectivity index (χ1) is 29.1. The number of aryl methyl sites for hydroxylation is 1. The van der Waals surface area contributed by atoms with E-state index in [0.717, 1.165) is 73.8 Å². The van der Waals surface area contributed by atoms with Gasteiger partial charge in [-0.15, -0.1) is 0 Å². The molecule has 3 heterocycles. The summed E-state index contributed by atoms with van der Waals surface area (Å²) in [6.45, 7) is 16.3. The van der Waals surface area contributed by atoms with Gasteiger partial charge in [-0.25, -0.2) is 9.18 Å². The Kier molecular flexibility index (Phi) is 13.9. The number of fused-ring (bicyclic) bond motifs is 1. The smallest absolute Gasteiger partial charge is 0.410 e. The van der Waals surface area contributed by atoms with Gasteiger partial charge < -0.3 is 38.5 Å². The molecule has 0 N–H and O–H groups in total. The molecule has 4 aromatic rings. The molecule has 2 aliphatic heterocycles. The molecule has 1 aliphatic carbocycles. The van der Waals surface area contributed by atoms with Crippen molar-refractivity contribution in [3.8, 4) is 17.5 Å². The average Bonchev–Trinajstić information content (AvgIpc) is 3.65. The molecule has 328 valence electrons. The molecule has 2 saturated heterocycles. The number of benzene rings is 3. The number of rotatable bonds is 12. The van der Waals surface area contributed by atoms with Crippen molar-refractivity contribution in [3.05, 3.63) is 97.5 Å². The van der Waals surface area contributed by atoms with E-state index in [9.17, 15) is 4.79 Å². The predicted molar refractivity (Wildman–Crippen MR) is 247 cm³/mol. The van der Waals surface area contributed by atoms with Crippen LogP contribution in [-0.4, -0.2) is 97.6 Å². The van der Waals surface area contributed by atoms with Gasteiger partial charge in [0.15, 0.2) is 5.82 Å². The Morgan fingerprint density at radius 2 is 1.57 bits per heavy atom. The Morgan fingerprint density at radius 1 is 0.934 bits per heavy atom. The summed E-state index contributed by atoms with van der Waals surface area (Å²) >= 11 is 2.35. The Labute approximate surface area is 375 Å². The number of ether oxygens (including phenoxy) is 4. The van der Waals surface area contributed by atoms with E-state index in [4.69, 9.17) is 28.9 Å². The van der Waals surface area contributed by atoms with E-state index in [1.165, 1.54) is 0 Å². The Hall–Kier alpha value is -4.37. The van der Waals surface area contributed by atoms with E-state index in [2.05, 4.69) is 65.1 Å². The quantitative estimate of drug-likeness (QED) is 0.128. The van der Waals surface area contributed by atoms with Crippen LogP contribution in [0.25, 0.3) is 0 Å². The van der Waals surface area contributed by atoms with Crippen molar-refractivity contribution in [2.75, 3.05) is 63.9 Å². The van der Waals surface area contributed by atoms with E-state index >= 15 is 4.39 Å². The van der Waals surface area contributed by atoms with E-state index in [0.29, 0.717) is 69.9 Å². The molecule has 1 aromatic heterocycles. The molecule has 3 aromatic carbocycles. The number of hydrogen-bond acceptors (Lipinski definition) is 10. The van der Waals surface area contributed by atoms with E-state index < -0.39 is 5.60 Å². The van der Waals surface area contributed by atoms with Crippen LogP contribution < -0.4 is 24.0 Å². The number of amides is 1. The van der Waals surface area contributed by atoms with Crippen LogP contribution in [0.5, 0.6) is 17.5 Å². The van der Waals surface area contributed by atoms with E-state index in [1.807, 2.05) is 75.4 Å². The number of hydrogen-bond donors (Lipinski definition) is 0. The van der Waals surface area contributed by atoms with Gasteiger partial charge in [0, 0.05) is 59.5 Å². The maximum atomic E-state index is 17.8. The maximum Gasteiger partial charge on any atom is 0.410 e. The first-order valence-electron chi connectivity index (χ1n) is 21.6. The van der Waals surface area contributed by atoms with Crippen molar-refractivity contribution >= 4 is 40.2 Å². The van der Waals surface area contributed by atoms with Gasteiger partial charge in [0.1, 0.15) is 29.5 Å². The zero-order valence-electron chi connectivity index (χ0n) is 37.3. The zero-order chi connectivity index (χ0) is 43.6. The van der Waals surface area contributed by atoms with Gasteiger partial charge in [-0.2, -0.15) is 9.97 Å². The van der Waals surface area contributed by atoms with Gasteiger partial charge in [-0.1, -0.05) is 31.2 Å². The highest BCUT2D eigenvalue weighted by atomic mass is 127. The van der Waals surface area contributed by atoms with Crippen LogP contribution in [-0.2, 0) is 30.7 Å². The topological polar surface area (TPSA) is 92.7 Å².